The van der Waals surface area contributed by atoms with Gasteiger partial charge in [0.25, 0.3) is 0 Å². The average molecular weight is 541 g/mol. The van der Waals surface area contributed by atoms with Crippen LogP contribution >= 0.6 is 7.14 Å². The molecule has 5 aromatic carbocycles. The first-order chi connectivity index (χ1) is 19.3. The first-order valence-corrected chi connectivity index (χ1v) is 15.2. The van der Waals surface area contributed by atoms with E-state index in [1.807, 2.05) is 103 Å². The minimum Gasteiger partial charge on any atom is -0.450 e. The number of ether oxygens (including phenoxy) is 2. The summed E-state index contributed by atoms with van der Waals surface area (Å²) in [5.41, 5.74) is 5.72. The molecular weight excluding hydrogens is 511 g/mol. The summed E-state index contributed by atoms with van der Waals surface area (Å²) in [5.74, 6) is 2.87. The summed E-state index contributed by atoms with van der Waals surface area (Å²) >= 11 is 0. The SMILES string of the molecule is CC1=CC(C)(C)c2cc3c(cc21)Oc1cc(-c2ccc(P(=O)(c4ccccc4)c4ccccc4)cc2)ccc1O3. The van der Waals surface area contributed by atoms with Crippen LogP contribution < -0.4 is 25.4 Å². The van der Waals surface area contributed by atoms with Crippen molar-refractivity contribution in [2.45, 2.75) is 26.2 Å². The topological polar surface area (TPSA) is 35.5 Å². The summed E-state index contributed by atoms with van der Waals surface area (Å²) in [6.45, 7) is 6.60. The van der Waals surface area contributed by atoms with Gasteiger partial charge in [-0.25, -0.2) is 0 Å². The van der Waals surface area contributed by atoms with Gasteiger partial charge in [0, 0.05) is 21.3 Å². The highest BCUT2D eigenvalue weighted by Crippen LogP contribution is 2.51. The van der Waals surface area contributed by atoms with Gasteiger partial charge in [-0.05, 0) is 59.0 Å². The van der Waals surface area contributed by atoms with Gasteiger partial charge in [-0.1, -0.05) is 111 Å². The normalized spacial score (nSPS) is 14.7. The van der Waals surface area contributed by atoms with Crippen molar-refractivity contribution in [1.82, 2.24) is 0 Å². The van der Waals surface area contributed by atoms with E-state index in [4.69, 9.17) is 9.47 Å². The Morgan fingerprint density at radius 3 is 1.75 bits per heavy atom. The lowest BCUT2D eigenvalue weighted by Gasteiger charge is -2.25. The molecule has 0 fully saturated rings. The number of hydrogen-bond donors (Lipinski definition) is 0. The van der Waals surface area contributed by atoms with Crippen molar-refractivity contribution in [3.63, 3.8) is 0 Å². The van der Waals surface area contributed by atoms with Gasteiger partial charge in [0.15, 0.2) is 30.1 Å². The highest BCUT2D eigenvalue weighted by Gasteiger charge is 2.32. The third kappa shape index (κ3) is 3.93. The second kappa shape index (κ2) is 9.11. The Morgan fingerprint density at radius 1 is 0.575 bits per heavy atom. The largest absolute Gasteiger partial charge is 0.450 e. The van der Waals surface area contributed by atoms with Crippen LogP contribution in [0.2, 0.25) is 0 Å². The molecule has 196 valence electrons. The summed E-state index contributed by atoms with van der Waals surface area (Å²) in [4.78, 5) is 0. The molecule has 0 unspecified atom stereocenters. The number of fused-ring (bicyclic) bond motifs is 3. The zero-order valence-corrected chi connectivity index (χ0v) is 23.6. The summed E-state index contributed by atoms with van der Waals surface area (Å²) in [5, 5.41) is 2.46. The molecule has 5 aromatic rings. The van der Waals surface area contributed by atoms with Crippen LogP contribution in [0.25, 0.3) is 16.7 Å². The maximum absolute atomic E-state index is 14.7. The fraction of sp³-hybridized carbons (Fsp3) is 0.111. The predicted octanol–water partition coefficient (Wildman–Crippen LogP) is 8.59. The molecule has 3 nitrogen and oxygen atoms in total. The van der Waals surface area contributed by atoms with Gasteiger partial charge in [0.1, 0.15) is 0 Å². The predicted molar refractivity (Wildman–Crippen MR) is 165 cm³/mol. The van der Waals surface area contributed by atoms with Gasteiger partial charge in [-0.3, -0.25) is 0 Å². The molecule has 0 saturated carbocycles. The molecule has 0 aromatic heterocycles. The van der Waals surface area contributed by atoms with Crippen molar-refractivity contribution in [2.24, 2.45) is 0 Å². The van der Waals surface area contributed by atoms with Gasteiger partial charge in [0.2, 0.25) is 0 Å². The molecule has 2 aliphatic rings. The molecule has 0 bridgehead atoms. The first-order valence-electron chi connectivity index (χ1n) is 13.5. The fourth-order valence-corrected chi connectivity index (χ4v) is 8.60. The Balaban J connectivity index is 1.22. The summed E-state index contributed by atoms with van der Waals surface area (Å²) in [6, 6.07) is 37.8. The van der Waals surface area contributed by atoms with Gasteiger partial charge >= 0.3 is 0 Å². The zero-order chi connectivity index (χ0) is 27.5. The molecule has 0 saturated heterocycles. The Hall–Kier alpha value is -4.33. The van der Waals surface area contributed by atoms with Crippen molar-refractivity contribution < 1.29 is 14.0 Å². The van der Waals surface area contributed by atoms with E-state index in [1.165, 1.54) is 16.7 Å². The molecule has 1 aliphatic heterocycles. The minimum absolute atomic E-state index is 0.0287. The smallest absolute Gasteiger partial charge is 0.171 e. The van der Waals surface area contributed by atoms with Crippen LogP contribution in [0.1, 0.15) is 31.9 Å². The second-order valence-corrected chi connectivity index (χ2v) is 13.9. The first kappa shape index (κ1) is 24.7. The van der Waals surface area contributed by atoms with Crippen molar-refractivity contribution in [3.8, 4) is 34.1 Å². The number of hydrogen-bond acceptors (Lipinski definition) is 3. The number of benzene rings is 5. The Kier molecular flexibility index (Phi) is 5.63. The summed E-state index contributed by atoms with van der Waals surface area (Å²) in [7, 11) is -3.01. The van der Waals surface area contributed by atoms with Crippen LogP contribution in [0.5, 0.6) is 23.0 Å². The molecule has 0 radical (unpaired) electrons. The van der Waals surface area contributed by atoms with Crippen LogP contribution in [0, 0.1) is 0 Å². The van der Waals surface area contributed by atoms with E-state index < -0.39 is 7.14 Å². The van der Waals surface area contributed by atoms with E-state index in [2.05, 4.69) is 39.0 Å². The van der Waals surface area contributed by atoms with Gasteiger partial charge < -0.3 is 14.0 Å². The van der Waals surface area contributed by atoms with Gasteiger partial charge in [-0.15, -0.1) is 0 Å². The molecule has 0 atom stereocenters. The Labute approximate surface area is 235 Å². The summed E-state index contributed by atoms with van der Waals surface area (Å²) in [6.07, 6.45) is 2.30. The lowest BCUT2D eigenvalue weighted by atomic mass is 9.87. The van der Waals surface area contributed by atoms with Gasteiger partial charge in [-0.2, -0.15) is 0 Å². The standard InChI is InChI=1S/C36H29O3P/c1-24-23-36(2,3)31-22-35-34(21-30(24)31)39-33-20-26(16-19-32(33)38-35)25-14-17-29(18-15-25)40(37,27-10-6-4-7-11-27)28-12-8-5-9-13-28/h4-23H,1-3H3. The van der Waals surface area contributed by atoms with E-state index in [-0.39, 0.29) is 5.41 Å². The van der Waals surface area contributed by atoms with Gasteiger partial charge in [0.05, 0.1) is 0 Å². The van der Waals surface area contributed by atoms with Crippen molar-refractivity contribution in [3.05, 3.63) is 132 Å². The highest BCUT2D eigenvalue weighted by atomic mass is 31.2. The van der Waals surface area contributed by atoms with Crippen LogP contribution in [-0.4, -0.2) is 0 Å². The Morgan fingerprint density at radius 2 is 1.10 bits per heavy atom. The molecule has 4 heteroatoms. The van der Waals surface area contributed by atoms with Crippen LogP contribution in [0.3, 0.4) is 0 Å². The molecule has 1 aliphatic carbocycles. The summed E-state index contributed by atoms with van der Waals surface area (Å²) < 4.78 is 27.4. The van der Waals surface area contributed by atoms with E-state index in [0.29, 0.717) is 11.5 Å². The van der Waals surface area contributed by atoms with E-state index in [0.717, 1.165) is 38.5 Å². The zero-order valence-electron chi connectivity index (χ0n) is 22.7. The lowest BCUT2D eigenvalue weighted by Crippen LogP contribution is -2.24. The molecular formula is C36H29O3P. The quantitative estimate of drug-likeness (QED) is 0.210. The Bertz CT molecular complexity index is 1790. The van der Waals surface area contributed by atoms with Crippen molar-refractivity contribution in [1.29, 1.82) is 0 Å². The number of allylic oxidation sites excluding steroid dienone is 2. The van der Waals surface area contributed by atoms with E-state index in [9.17, 15) is 4.57 Å². The second-order valence-electron chi connectivity index (χ2n) is 11.1. The van der Waals surface area contributed by atoms with Crippen molar-refractivity contribution in [2.75, 3.05) is 0 Å². The lowest BCUT2D eigenvalue weighted by molar-refractivity contribution is 0.358. The van der Waals surface area contributed by atoms with Crippen LogP contribution in [0.15, 0.2) is 121 Å². The maximum atomic E-state index is 14.7. The van der Waals surface area contributed by atoms with E-state index in [1.54, 1.807) is 0 Å². The van der Waals surface area contributed by atoms with Crippen LogP contribution in [0.4, 0.5) is 0 Å². The molecule has 7 rings (SSSR count). The minimum atomic E-state index is -3.01. The third-order valence-electron chi connectivity index (χ3n) is 7.97. The molecule has 0 amide bonds. The molecule has 40 heavy (non-hydrogen) atoms. The fourth-order valence-electron chi connectivity index (χ4n) is 5.95. The van der Waals surface area contributed by atoms with Crippen molar-refractivity contribution >= 4 is 28.6 Å². The number of rotatable bonds is 4. The average Bonchev–Trinajstić information content (AvgIpc) is 3.21. The van der Waals surface area contributed by atoms with Crippen LogP contribution in [-0.2, 0) is 9.98 Å². The maximum Gasteiger partial charge on any atom is 0.171 e. The highest BCUT2D eigenvalue weighted by molar-refractivity contribution is 7.85. The monoisotopic (exact) mass is 540 g/mol. The van der Waals surface area contributed by atoms with E-state index >= 15 is 0 Å². The molecule has 0 spiro atoms. The third-order valence-corrected chi connectivity index (χ3v) is 11.0. The molecule has 0 N–H and O–H groups in total. The molecule has 1 heterocycles.